The molecule has 0 saturated heterocycles. The average Bonchev–Trinajstić information content (AvgIpc) is 2.85. The summed E-state index contributed by atoms with van der Waals surface area (Å²) in [5, 5.41) is 26.6. The Bertz CT molecular complexity index is 1240. The van der Waals surface area contributed by atoms with Crippen molar-refractivity contribution in [2.45, 2.75) is 6.17 Å². The van der Waals surface area contributed by atoms with E-state index in [-0.39, 0.29) is 11.1 Å². The van der Waals surface area contributed by atoms with Crippen LogP contribution in [-0.4, -0.2) is 23.5 Å². The third kappa shape index (κ3) is 4.58. The summed E-state index contributed by atoms with van der Waals surface area (Å²) in [5.74, 6) is -1.17. The summed E-state index contributed by atoms with van der Waals surface area (Å²) >= 11 is 0. The van der Waals surface area contributed by atoms with Crippen LogP contribution >= 0.6 is 0 Å². The zero-order valence-corrected chi connectivity index (χ0v) is 17.1. The highest BCUT2D eigenvalue weighted by Gasteiger charge is 2.27. The van der Waals surface area contributed by atoms with Gasteiger partial charge in [-0.15, -0.1) is 0 Å². The van der Waals surface area contributed by atoms with Crippen LogP contribution < -0.4 is 10.7 Å². The van der Waals surface area contributed by atoms with E-state index < -0.39 is 12.1 Å². The highest BCUT2D eigenvalue weighted by atomic mass is 16.4. The molecular formula is C26H20N4O2. The molecule has 0 aliphatic carbocycles. The van der Waals surface area contributed by atoms with Gasteiger partial charge in [0.15, 0.2) is 0 Å². The molecule has 1 aliphatic rings. The second-order valence-corrected chi connectivity index (χ2v) is 7.12. The van der Waals surface area contributed by atoms with E-state index in [1.807, 2.05) is 91.0 Å². The van der Waals surface area contributed by atoms with Gasteiger partial charge in [0.2, 0.25) is 0 Å². The highest BCUT2D eigenvalue weighted by molar-refractivity contribution is 5.95. The summed E-state index contributed by atoms with van der Waals surface area (Å²) in [6.45, 7) is 0. The Labute approximate surface area is 185 Å². The van der Waals surface area contributed by atoms with Crippen molar-refractivity contribution in [3.63, 3.8) is 0 Å². The van der Waals surface area contributed by atoms with E-state index in [9.17, 15) is 15.2 Å². The molecule has 0 bridgehead atoms. The molecule has 6 heteroatoms. The lowest BCUT2D eigenvalue weighted by atomic mass is 9.97. The van der Waals surface area contributed by atoms with Gasteiger partial charge in [0.25, 0.3) is 0 Å². The van der Waals surface area contributed by atoms with E-state index >= 15 is 0 Å². The van der Waals surface area contributed by atoms with E-state index in [1.165, 1.54) is 6.08 Å². The normalized spacial score (nSPS) is 15.6. The Morgan fingerprint density at radius 3 is 2.16 bits per heavy atom. The molecule has 0 spiro atoms. The molecule has 3 aromatic rings. The topological polar surface area (TPSA) is 97.5 Å². The Kier molecular flexibility index (Phi) is 6.10. The molecule has 0 saturated carbocycles. The number of nitriles is 1. The minimum absolute atomic E-state index is 0.0624. The number of dihydropyridines is 1. The van der Waals surface area contributed by atoms with E-state index in [4.69, 9.17) is 0 Å². The molecule has 32 heavy (non-hydrogen) atoms. The maximum absolute atomic E-state index is 11.8. The van der Waals surface area contributed by atoms with E-state index in [0.717, 1.165) is 22.3 Å². The van der Waals surface area contributed by atoms with Crippen molar-refractivity contribution in [1.82, 2.24) is 10.7 Å². The third-order valence-corrected chi connectivity index (χ3v) is 5.04. The summed E-state index contributed by atoms with van der Waals surface area (Å²) in [6.07, 6.45) is 2.32. The number of hydrazone groups is 1. The Morgan fingerprint density at radius 2 is 1.53 bits per heavy atom. The minimum atomic E-state index is -1.17. The molecule has 3 aromatic carbocycles. The lowest BCUT2D eigenvalue weighted by molar-refractivity contribution is -0.132. The van der Waals surface area contributed by atoms with Crippen molar-refractivity contribution < 1.29 is 9.90 Å². The van der Waals surface area contributed by atoms with Crippen LogP contribution in [0.3, 0.4) is 0 Å². The molecule has 1 atom stereocenters. The Hall–Kier alpha value is -4.63. The summed E-state index contributed by atoms with van der Waals surface area (Å²) in [4.78, 5) is 11.8. The van der Waals surface area contributed by atoms with Crippen molar-refractivity contribution in [1.29, 1.82) is 5.26 Å². The van der Waals surface area contributed by atoms with Gasteiger partial charge in [0, 0.05) is 5.70 Å². The SMILES string of the molecule is N#CC1=C(C(=O)O)C=C(c2ccc(-c3ccccc3)cc2)NC1NN=Cc1ccccc1. The number of benzene rings is 3. The second-order valence-electron chi connectivity index (χ2n) is 7.12. The monoisotopic (exact) mass is 420 g/mol. The molecule has 3 N–H and O–H groups in total. The van der Waals surface area contributed by atoms with Crippen LogP contribution in [0.4, 0.5) is 0 Å². The lowest BCUT2D eigenvalue weighted by Gasteiger charge is -2.26. The lowest BCUT2D eigenvalue weighted by Crippen LogP contribution is -2.43. The molecular weight excluding hydrogens is 400 g/mol. The van der Waals surface area contributed by atoms with Gasteiger partial charge >= 0.3 is 5.97 Å². The van der Waals surface area contributed by atoms with Gasteiger partial charge in [-0.2, -0.15) is 10.4 Å². The van der Waals surface area contributed by atoms with Crippen LogP contribution in [0.15, 0.2) is 107 Å². The van der Waals surface area contributed by atoms with E-state index in [2.05, 4.69) is 15.8 Å². The molecule has 0 radical (unpaired) electrons. The predicted molar refractivity (Wildman–Crippen MR) is 124 cm³/mol. The van der Waals surface area contributed by atoms with E-state index in [0.29, 0.717) is 5.70 Å². The molecule has 1 aliphatic heterocycles. The number of carboxylic acids is 1. The molecule has 156 valence electrons. The van der Waals surface area contributed by atoms with Crippen molar-refractivity contribution in [2.75, 3.05) is 0 Å². The number of carboxylic acid groups (broad SMARTS) is 1. The third-order valence-electron chi connectivity index (χ3n) is 5.04. The molecule has 1 heterocycles. The van der Waals surface area contributed by atoms with Crippen molar-refractivity contribution >= 4 is 17.9 Å². The molecule has 0 amide bonds. The summed E-state index contributed by atoms with van der Waals surface area (Å²) in [7, 11) is 0. The Balaban J connectivity index is 1.61. The van der Waals surface area contributed by atoms with Gasteiger partial charge in [-0.25, -0.2) is 4.79 Å². The summed E-state index contributed by atoms with van der Waals surface area (Å²) in [6, 6.07) is 29.2. The first kappa shape index (κ1) is 20.6. The van der Waals surface area contributed by atoms with Gasteiger partial charge < -0.3 is 10.4 Å². The number of rotatable bonds is 6. The highest BCUT2D eigenvalue weighted by Crippen LogP contribution is 2.26. The van der Waals surface area contributed by atoms with Gasteiger partial charge in [-0.3, -0.25) is 5.43 Å². The number of nitrogens with one attached hydrogen (secondary N) is 2. The average molecular weight is 420 g/mol. The minimum Gasteiger partial charge on any atom is -0.478 e. The fourth-order valence-electron chi connectivity index (χ4n) is 3.41. The fourth-order valence-corrected chi connectivity index (χ4v) is 3.41. The fraction of sp³-hybridized carbons (Fsp3) is 0.0385. The van der Waals surface area contributed by atoms with Crippen LogP contribution in [0.2, 0.25) is 0 Å². The zero-order chi connectivity index (χ0) is 22.3. The van der Waals surface area contributed by atoms with Gasteiger partial charge in [-0.05, 0) is 28.3 Å². The van der Waals surface area contributed by atoms with Crippen molar-refractivity contribution in [2.24, 2.45) is 5.10 Å². The molecule has 1 unspecified atom stereocenters. The maximum Gasteiger partial charge on any atom is 0.336 e. The van der Waals surface area contributed by atoms with Crippen LogP contribution in [0, 0.1) is 11.3 Å². The van der Waals surface area contributed by atoms with Crippen molar-refractivity contribution in [3.05, 3.63) is 113 Å². The summed E-state index contributed by atoms with van der Waals surface area (Å²) < 4.78 is 0. The smallest absolute Gasteiger partial charge is 0.336 e. The van der Waals surface area contributed by atoms with Crippen LogP contribution in [-0.2, 0) is 4.79 Å². The number of hydrogen-bond donors (Lipinski definition) is 3. The van der Waals surface area contributed by atoms with Gasteiger partial charge in [-0.1, -0.05) is 84.9 Å². The quantitative estimate of drug-likeness (QED) is 0.411. The summed E-state index contributed by atoms with van der Waals surface area (Å²) in [5.41, 5.74) is 7.29. The molecule has 6 nitrogen and oxygen atoms in total. The number of carbonyl (C=O) groups is 1. The van der Waals surface area contributed by atoms with Gasteiger partial charge in [0.1, 0.15) is 6.17 Å². The predicted octanol–water partition coefficient (Wildman–Crippen LogP) is 4.15. The first-order chi connectivity index (χ1) is 15.7. The largest absolute Gasteiger partial charge is 0.478 e. The zero-order valence-electron chi connectivity index (χ0n) is 17.1. The first-order valence-corrected chi connectivity index (χ1v) is 10.0. The molecule has 4 rings (SSSR count). The van der Waals surface area contributed by atoms with Gasteiger partial charge in [0.05, 0.1) is 23.4 Å². The Morgan fingerprint density at radius 1 is 0.938 bits per heavy atom. The standard InChI is InChI=1S/C26H20N4O2/c27-16-23-22(26(31)32)15-24(29-25(23)30-28-17-18-7-3-1-4-8-18)21-13-11-20(12-14-21)19-9-5-2-6-10-19/h1-15,17,25,29-30H,(H,31,32). The maximum atomic E-state index is 11.8. The van der Waals surface area contributed by atoms with Crippen LogP contribution in [0.5, 0.6) is 0 Å². The van der Waals surface area contributed by atoms with E-state index in [1.54, 1.807) is 6.21 Å². The van der Waals surface area contributed by atoms with Crippen LogP contribution in [0.1, 0.15) is 11.1 Å². The number of nitrogens with zero attached hydrogens (tertiary/aromatic N) is 2. The number of hydrogen-bond acceptors (Lipinski definition) is 5. The first-order valence-electron chi connectivity index (χ1n) is 10.0. The molecule has 0 fully saturated rings. The second kappa shape index (κ2) is 9.45. The molecule has 0 aromatic heterocycles. The number of aliphatic carboxylic acids is 1. The van der Waals surface area contributed by atoms with Crippen LogP contribution in [0.25, 0.3) is 16.8 Å². The van der Waals surface area contributed by atoms with Crippen molar-refractivity contribution in [3.8, 4) is 17.2 Å².